The third kappa shape index (κ3) is 5.77. The van der Waals surface area contributed by atoms with Crippen LogP contribution in [0.15, 0.2) is 108 Å². The normalized spacial score (nSPS) is 13.2. The Kier molecular flexibility index (Phi) is 7.52. The van der Waals surface area contributed by atoms with Gasteiger partial charge in [-0.25, -0.2) is 24.9 Å². The smallest absolute Gasteiger partial charge is 0.184 e. The van der Waals surface area contributed by atoms with Gasteiger partial charge in [0.15, 0.2) is 11.0 Å². The number of rotatable bonds is 5. The minimum Gasteiger partial charge on any atom is -0.497 e. The van der Waals surface area contributed by atoms with E-state index in [1.54, 1.807) is 19.5 Å². The number of methoxy groups -OCH3 is 1. The molecular weight excluding hydrogens is 583 g/mol. The summed E-state index contributed by atoms with van der Waals surface area (Å²) < 4.78 is 5.55. The Morgan fingerprint density at radius 3 is 1.59 bits per heavy atom. The zero-order chi connectivity index (χ0) is 30.0. The zero-order valence-corrected chi connectivity index (χ0v) is 25.4. The van der Waals surface area contributed by atoms with Crippen molar-refractivity contribution in [2.45, 2.75) is 10.1 Å². The van der Waals surface area contributed by atoms with Crippen molar-refractivity contribution < 1.29 is 4.74 Å². The van der Waals surface area contributed by atoms with Crippen LogP contribution >= 0.6 is 25.3 Å². The van der Waals surface area contributed by atoms with Crippen LogP contribution in [0.1, 0.15) is 22.5 Å². The van der Waals surface area contributed by atoms with Crippen LogP contribution in [-0.4, -0.2) is 32.0 Å². The van der Waals surface area contributed by atoms with Crippen LogP contribution in [0.4, 0.5) is 0 Å². The van der Waals surface area contributed by atoms with Gasteiger partial charge in [-0.2, -0.15) is 0 Å². The van der Waals surface area contributed by atoms with E-state index in [1.165, 1.54) is 0 Å². The second-order valence-electron chi connectivity index (χ2n) is 10.2. The van der Waals surface area contributed by atoms with Gasteiger partial charge in [-0.05, 0) is 75.4 Å². The van der Waals surface area contributed by atoms with Gasteiger partial charge >= 0.3 is 0 Å². The summed E-state index contributed by atoms with van der Waals surface area (Å²) in [6, 6.07) is 25.1. The Hall–Kier alpha value is -5.05. The van der Waals surface area contributed by atoms with E-state index >= 15 is 0 Å². The highest BCUT2D eigenvalue weighted by Crippen LogP contribution is 2.36. The number of hydrogen-bond donors (Lipinski definition) is 2. The van der Waals surface area contributed by atoms with Gasteiger partial charge in [0.1, 0.15) is 5.75 Å². The van der Waals surface area contributed by atoms with Gasteiger partial charge in [-0.1, -0.05) is 48.6 Å². The Balaban J connectivity index is 1.35. The van der Waals surface area contributed by atoms with Crippen LogP contribution in [0.3, 0.4) is 0 Å². The lowest BCUT2D eigenvalue weighted by atomic mass is 9.90. The van der Waals surface area contributed by atoms with E-state index in [2.05, 4.69) is 106 Å². The highest BCUT2D eigenvalue weighted by atomic mass is 32.1. The van der Waals surface area contributed by atoms with Gasteiger partial charge in [0.05, 0.1) is 24.1 Å². The summed E-state index contributed by atoms with van der Waals surface area (Å²) in [6.07, 6.45) is 15.2. The number of benzene rings is 3. The minimum atomic E-state index is 0.402. The molecule has 8 rings (SSSR count). The topological polar surface area (TPSA) is 73.7 Å². The van der Waals surface area contributed by atoms with Gasteiger partial charge < -0.3 is 4.74 Å². The van der Waals surface area contributed by atoms with Gasteiger partial charge in [0.25, 0.3) is 0 Å². The zero-order valence-electron chi connectivity index (χ0n) is 23.6. The van der Waals surface area contributed by atoms with Crippen molar-refractivity contribution in [2.75, 3.05) is 7.11 Å². The largest absolute Gasteiger partial charge is 0.497 e. The molecule has 0 spiro atoms. The molecule has 0 radical (unpaired) electrons. The minimum absolute atomic E-state index is 0.402. The first-order valence-electron chi connectivity index (χ1n) is 13.9. The molecule has 0 saturated carbocycles. The van der Waals surface area contributed by atoms with Crippen molar-refractivity contribution >= 4 is 49.6 Å². The first kappa shape index (κ1) is 27.8. The Morgan fingerprint density at radius 1 is 0.523 bits per heavy atom. The molecule has 212 valence electrons. The van der Waals surface area contributed by atoms with Crippen molar-refractivity contribution in [1.82, 2.24) is 24.9 Å². The lowest BCUT2D eigenvalue weighted by Crippen LogP contribution is -1.95. The molecule has 44 heavy (non-hydrogen) atoms. The van der Waals surface area contributed by atoms with Crippen molar-refractivity contribution in [3.63, 3.8) is 0 Å². The third-order valence-electron chi connectivity index (χ3n) is 7.42. The number of aromatic nitrogens is 5. The monoisotopic (exact) mass is 607 g/mol. The van der Waals surface area contributed by atoms with E-state index in [1.807, 2.05) is 48.8 Å². The van der Waals surface area contributed by atoms with Crippen LogP contribution in [-0.2, 0) is 0 Å². The molecule has 3 aromatic heterocycles. The van der Waals surface area contributed by atoms with Gasteiger partial charge in [-0.15, -0.1) is 25.3 Å². The van der Waals surface area contributed by atoms with E-state index in [-0.39, 0.29) is 0 Å². The molecule has 0 saturated heterocycles. The molecule has 6 aromatic rings. The molecule has 8 heteroatoms. The Morgan fingerprint density at radius 2 is 1.02 bits per heavy atom. The van der Waals surface area contributed by atoms with E-state index in [4.69, 9.17) is 9.72 Å². The van der Waals surface area contributed by atoms with Crippen LogP contribution in [0.25, 0.3) is 69.1 Å². The van der Waals surface area contributed by atoms with Crippen LogP contribution < -0.4 is 4.74 Å². The maximum Gasteiger partial charge on any atom is 0.184 e. The maximum absolute atomic E-state index is 5.55. The summed E-state index contributed by atoms with van der Waals surface area (Å²) in [7, 11) is 1.67. The second kappa shape index (κ2) is 11.9. The fraction of sp³-hybridized carbons (Fsp3) is 0.0278. The number of thiol groups is 2. The predicted octanol–water partition coefficient (Wildman–Crippen LogP) is 8.57. The van der Waals surface area contributed by atoms with Crippen molar-refractivity contribution in [3.8, 4) is 50.5 Å². The molecule has 0 unspecified atom stereocenters. The van der Waals surface area contributed by atoms with Gasteiger partial charge in [0, 0.05) is 47.4 Å². The number of hydrogen-bond acceptors (Lipinski definition) is 8. The summed E-state index contributed by atoms with van der Waals surface area (Å²) in [5.41, 5.74) is 10.8. The highest BCUT2D eigenvalue weighted by Gasteiger charge is 2.14. The number of fused-ring (bicyclic) bond motifs is 2. The summed E-state index contributed by atoms with van der Waals surface area (Å²) >= 11 is 8.59. The first-order chi connectivity index (χ1) is 21.5. The molecule has 0 atom stereocenters. The van der Waals surface area contributed by atoms with Crippen LogP contribution in [0.5, 0.6) is 5.75 Å². The van der Waals surface area contributed by atoms with Crippen LogP contribution in [0, 0.1) is 0 Å². The molecule has 0 N–H and O–H groups in total. The lowest BCUT2D eigenvalue weighted by molar-refractivity contribution is 0.414. The Labute approximate surface area is 266 Å². The van der Waals surface area contributed by atoms with E-state index in [9.17, 15) is 0 Å². The Bertz CT molecular complexity index is 1890. The van der Waals surface area contributed by atoms with Crippen molar-refractivity contribution in [2.24, 2.45) is 0 Å². The lowest BCUT2D eigenvalue weighted by Gasteiger charge is -2.14. The quantitative estimate of drug-likeness (QED) is 0.151. The summed E-state index contributed by atoms with van der Waals surface area (Å²) in [5, 5.41) is 0.402. The average Bonchev–Trinajstić information content (AvgIpc) is 3.10. The molecule has 0 fully saturated rings. The standard InChI is InChI=1S/C36H25N5OS2/c1-42-31-16-29-10-6-25-15-34(27-18-37-35(38-19-27)28-20-39-36(44)40-21-28)26(7-11-30(17-31)41-29)14-33(25)24-4-2-22(3-5-24)23-8-12-32(43)13-9-23/h2-21,43H,1H3,(H,39,40,44)/b10-6-,11-7-. The van der Waals surface area contributed by atoms with Crippen LogP contribution in [0.2, 0.25) is 0 Å². The second-order valence-corrected chi connectivity index (χ2v) is 11.2. The van der Waals surface area contributed by atoms with E-state index in [0.717, 1.165) is 72.1 Å². The maximum atomic E-state index is 5.55. The fourth-order valence-corrected chi connectivity index (χ4v) is 5.41. The van der Waals surface area contributed by atoms with Crippen molar-refractivity contribution in [1.29, 1.82) is 0 Å². The number of pyridine rings is 1. The fourth-order valence-electron chi connectivity index (χ4n) is 5.14. The highest BCUT2D eigenvalue weighted by molar-refractivity contribution is 7.80. The SMILES string of the molecule is COc1cc2nc(c1)/C=C\c1cc(-c3ccc(-c4ccc(S)cc4)cc3)c(cc1-c1cnc(-c3cnc(S)nc3)nc1)/C=C\2. The molecule has 6 nitrogen and oxygen atoms in total. The predicted molar refractivity (Wildman–Crippen MR) is 183 cm³/mol. The molecule has 4 bridgehead atoms. The molecule has 5 heterocycles. The molecule has 2 aliphatic rings. The molecule has 0 amide bonds. The number of ether oxygens (including phenoxy) is 1. The first-order valence-corrected chi connectivity index (χ1v) is 14.8. The summed E-state index contributed by atoms with van der Waals surface area (Å²) in [6.45, 7) is 0. The van der Waals surface area contributed by atoms with E-state index < -0.39 is 0 Å². The molecule has 0 aliphatic carbocycles. The third-order valence-corrected chi connectivity index (χ3v) is 7.95. The summed E-state index contributed by atoms with van der Waals surface area (Å²) in [4.78, 5) is 23.3. The molecule has 3 aromatic carbocycles. The van der Waals surface area contributed by atoms with E-state index in [0.29, 0.717) is 11.0 Å². The molecular formula is C36H25N5OS2. The summed E-state index contributed by atoms with van der Waals surface area (Å²) in [5.74, 6) is 1.30. The van der Waals surface area contributed by atoms with Crippen molar-refractivity contribution in [3.05, 3.63) is 120 Å². The van der Waals surface area contributed by atoms with Gasteiger partial charge in [-0.3, -0.25) is 0 Å². The molecule has 2 aliphatic heterocycles. The number of nitrogens with zero attached hydrogens (tertiary/aromatic N) is 5. The average molecular weight is 608 g/mol. The van der Waals surface area contributed by atoms with Gasteiger partial charge in [0.2, 0.25) is 0 Å².